The number of piperidine rings is 1. The van der Waals surface area contributed by atoms with Crippen molar-refractivity contribution in [1.82, 2.24) is 4.90 Å². The maximum absolute atomic E-state index is 5.50. The van der Waals surface area contributed by atoms with Crippen molar-refractivity contribution in [2.24, 2.45) is 5.41 Å². The number of hydrogen-bond acceptors (Lipinski definition) is 2. The van der Waals surface area contributed by atoms with E-state index < -0.39 is 0 Å². The van der Waals surface area contributed by atoms with Gasteiger partial charge in [-0.2, -0.15) is 0 Å². The van der Waals surface area contributed by atoms with Gasteiger partial charge in [0.05, 0.1) is 6.61 Å². The maximum atomic E-state index is 5.50. The zero-order valence-electron chi connectivity index (χ0n) is 8.01. The van der Waals surface area contributed by atoms with Crippen molar-refractivity contribution in [1.29, 1.82) is 0 Å². The molecule has 0 saturated carbocycles. The molecule has 2 heterocycles. The first-order valence-electron chi connectivity index (χ1n) is 5.15. The Kier molecular flexibility index (Phi) is 2.37. The van der Waals surface area contributed by atoms with Crippen molar-refractivity contribution in [3.8, 4) is 0 Å². The molecule has 2 heteroatoms. The van der Waals surface area contributed by atoms with Crippen molar-refractivity contribution in [3.05, 3.63) is 0 Å². The molecule has 12 heavy (non-hydrogen) atoms. The number of hydrogen-bond donors (Lipinski definition) is 0. The summed E-state index contributed by atoms with van der Waals surface area (Å²) in [5, 5.41) is 0. The zero-order chi connectivity index (χ0) is 8.44. The van der Waals surface area contributed by atoms with E-state index in [1.807, 2.05) is 0 Å². The maximum Gasteiger partial charge on any atom is 0.0535 e. The van der Waals surface area contributed by atoms with Gasteiger partial charge in [0.25, 0.3) is 0 Å². The normalized spacial score (nSPS) is 37.8. The number of nitrogens with zero attached hydrogens (tertiary/aromatic N) is 1. The van der Waals surface area contributed by atoms with Gasteiger partial charge in [0, 0.05) is 18.6 Å². The van der Waals surface area contributed by atoms with Gasteiger partial charge in [-0.25, -0.2) is 0 Å². The second-order valence-electron chi connectivity index (χ2n) is 4.27. The minimum Gasteiger partial charge on any atom is -0.381 e. The fourth-order valence-corrected chi connectivity index (χ4v) is 2.55. The third kappa shape index (κ3) is 1.50. The molecule has 2 aliphatic rings. The minimum absolute atomic E-state index is 0.550. The lowest BCUT2D eigenvalue weighted by atomic mass is 9.79. The summed E-state index contributed by atoms with van der Waals surface area (Å²) in [6, 6.07) is 0. The molecule has 70 valence electrons. The van der Waals surface area contributed by atoms with E-state index >= 15 is 0 Å². The fraction of sp³-hybridized carbons (Fsp3) is 1.00. The largest absolute Gasteiger partial charge is 0.381 e. The summed E-state index contributed by atoms with van der Waals surface area (Å²) in [5.74, 6) is 0. The van der Waals surface area contributed by atoms with Gasteiger partial charge >= 0.3 is 0 Å². The van der Waals surface area contributed by atoms with Crippen LogP contribution in [0, 0.1) is 5.41 Å². The summed E-state index contributed by atoms with van der Waals surface area (Å²) in [6.45, 7) is 8.07. The van der Waals surface area contributed by atoms with Gasteiger partial charge in [-0.05, 0) is 32.4 Å². The SMILES string of the molecule is CCN1CCC[C@]2(CCOC2)C1. The van der Waals surface area contributed by atoms with Crippen LogP contribution >= 0.6 is 0 Å². The summed E-state index contributed by atoms with van der Waals surface area (Å²) >= 11 is 0. The van der Waals surface area contributed by atoms with Gasteiger partial charge < -0.3 is 9.64 Å². The highest BCUT2D eigenvalue weighted by Gasteiger charge is 2.38. The predicted octanol–water partition coefficient (Wildman–Crippen LogP) is 1.51. The van der Waals surface area contributed by atoms with E-state index in [0.29, 0.717) is 5.41 Å². The van der Waals surface area contributed by atoms with E-state index in [-0.39, 0.29) is 0 Å². The lowest BCUT2D eigenvalue weighted by Gasteiger charge is -2.38. The van der Waals surface area contributed by atoms with Crippen LogP contribution in [0.3, 0.4) is 0 Å². The van der Waals surface area contributed by atoms with Crippen LogP contribution in [0.25, 0.3) is 0 Å². The van der Waals surface area contributed by atoms with Crippen LogP contribution in [0.15, 0.2) is 0 Å². The molecular weight excluding hydrogens is 150 g/mol. The topological polar surface area (TPSA) is 12.5 Å². The molecule has 2 saturated heterocycles. The van der Waals surface area contributed by atoms with E-state index in [9.17, 15) is 0 Å². The van der Waals surface area contributed by atoms with Crippen molar-refractivity contribution in [2.75, 3.05) is 32.8 Å². The third-order valence-corrected chi connectivity index (χ3v) is 3.37. The first-order chi connectivity index (χ1) is 5.85. The molecule has 2 aliphatic heterocycles. The standard InChI is InChI=1S/C10H19NO/c1-2-11-6-3-4-10(8-11)5-7-12-9-10/h2-9H2,1H3/t10-/m0/s1. The van der Waals surface area contributed by atoms with Crippen LogP contribution in [0.5, 0.6) is 0 Å². The molecule has 0 aliphatic carbocycles. The van der Waals surface area contributed by atoms with Gasteiger partial charge in [-0.3, -0.25) is 0 Å². The Balaban J connectivity index is 1.97. The molecule has 0 aromatic heterocycles. The Labute approximate surface area is 74.9 Å². The first kappa shape index (κ1) is 8.52. The second kappa shape index (κ2) is 3.35. The summed E-state index contributed by atoms with van der Waals surface area (Å²) in [4.78, 5) is 2.57. The summed E-state index contributed by atoms with van der Waals surface area (Å²) in [6.07, 6.45) is 4.06. The average Bonchev–Trinajstić information content (AvgIpc) is 2.53. The van der Waals surface area contributed by atoms with Gasteiger partial charge in [0.2, 0.25) is 0 Å². The van der Waals surface area contributed by atoms with Crippen LogP contribution < -0.4 is 0 Å². The number of ether oxygens (including phenoxy) is 1. The van der Waals surface area contributed by atoms with Gasteiger partial charge in [-0.15, -0.1) is 0 Å². The highest BCUT2D eigenvalue weighted by molar-refractivity contribution is 4.89. The van der Waals surface area contributed by atoms with Crippen molar-refractivity contribution >= 4 is 0 Å². The van der Waals surface area contributed by atoms with Crippen LogP contribution in [-0.4, -0.2) is 37.7 Å². The van der Waals surface area contributed by atoms with E-state index in [4.69, 9.17) is 4.74 Å². The molecule has 0 unspecified atom stereocenters. The smallest absolute Gasteiger partial charge is 0.0535 e. The van der Waals surface area contributed by atoms with Crippen LogP contribution in [0.1, 0.15) is 26.2 Å². The number of likely N-dealkylation sites (tertiary alicyclic amines) is 1. The molecule has 2 rings (SSSR count). The highest BCUT2D eigenvalue weighted by Crippen LogP contribution is 2.37. The van der Waals surface area contributed by atoms with E-state index in [1.165, 1.54) is 38.9 Å². The second-order valence-corrected chi connectivity index (χ2v) is 4.27. The average molecular weight is 169 g/mol. The van der Waals surface area contributed by atoms with Gasteiger partial charge in [0.1, 0.15) is 0 Å². The molecule has 1 spiro atoms. The molecule has 2 fully saturated rings. The predicted molar refractivity (Wildman–Crippen MR) is 49.2 cm³/mol. The van der Waals surface area contributed by atoms with Gasteiger partial charge in [0.15, 0.2) is 0 Å². The summed E-state index contributed by atoms with van der Waals surface area (Å²) in [7, 11) is 0. The molecule has 0 amide bonds. The van der Waals surface area contributed by atoms with Crippen LogP contribution in [0.2, 0.25) is 0 Å². The highest BCUT2D eigenvalue weighted by atomic mass is 16.5. The van der Waals surface area contributed by atoms with E-state index in [2.05, 4.69) is 11.8 Å². The molecule has 1 atom stereocenters. The molecule has 0 radical (unpaired) electrons. The Morgan fingerprint density at radius 1 is 1.42 bits per heavy atom. The monoisotopic (exact) mass is 169 g/mol. The molecule has 0 aromatic carbocycles. The van der Waals surface area contributed by atoms with E-state index in [0.717, 1.165) is 13.2 Å². The molecular formula is C10H19NO. The molecule has 0 N–H and O–H groups in total. The van der Waals surface area contributed by atoms with Crippen LogP contribution in [0.4, 0.5) is 0 Å². The van der Waals surface area contributed by atoms with Crippen molar-refractivity contribution in [2.45, 2.75) is 26.2 Å². The lowest BCUT2D eigenvalue weighted by molar-refractivity contribution is 0.0716. The molecule has 0 aromatic rings. The Hall–Kier alpha value is -0.0800. The van der Waals surface area contributed by atoms with E-state index in [1.54, 1.807) is 0 Å². The Morgan fingerprint density at radius 2 is 2.33 bits per heavy atom. The zero-order valence-corrected chi connectivity index (χ0v) is 8.01. The Bertz CT molecular complexity index is 152. The number of rotatable bonds is 1. The minimum atomic E-state index is 0.550. The van der Waals surface area contributed by atoms with Gasteiger partial charge in [-0.1, -0.05) is 6.92 Å². The van der Waals surface area contributed by atoms with Crippen molar-refractivity contribution in [3.63, 3.8) is 0 Å². The van der Waals surface area contributed by atoms with Crippen molar-refractivity contribution < 1.29 is 4.74 Å². The quantitative estimate of drug-likeness (QED) is 0.590. The lowest BCUT2D eigenvalue weighted by Crippen LogP contribution is -2.43. The molecule has 0 bridgehead atoms. The Morgan fingerprint density at radius 3 is 3.00 bits per heavy atom. The first-order valence-corrected chi connectivity index (χ1v) is 5.15. The van der Waals surface area contributed by atoms with Crippen LogP contribution in [-0.2, 0) is 4.74 Å². The summed E-state index contributed by atoms with van der Waals surface area (Å²) < 4.78 is 5.50. The fourth-order valence-electron chi connectivity index (χ4n) is 2.55. The molecule has 2 nitrogen and oxygen atoms in total. The summed E-state index contributed by atoms with van der Waals surface area (Å²) in [5.41, 5.74) is 0.550. The third-order valence-electron chi connectivity index (χ3n) is 3.37.